The van der Waals surface area contributed by atoms with Gasteiger partial charge in [-0.25, -0.2) is 4.98 Å². The van der Waals surface area contributed by atoms with Gasteiger partial charge in [-0.3, -0.25) is 9.69 Å². The summed E-state index contributed by atoms with van der Waals surface area (Å²) in [6, 6.07) is 30.7. The summed E-state index contributed by atoms with van der Waals surface area (Å²) in [5.41, 5.74) is 5.81. The van der Waals surface area contributed by atoms with E-state index in [1.54, 1.807) is 11.3 Å². The summed E-state index contributed by atoms with van der Waals surface area (Å²) in [5, 5.41) is 6.13. The van der Waals surface area contributed by atoms with Crippen molar-refractivity contribution in [1.29, 1.82) is 0 Å². The molecular formula is C34H39N3OS. The molecule has 0 atom stereocenters. The molecule has 0 aliphatic heterocycles. The molecule has 1 N–H and O–H groups in total. The third-order valence-corrected chi connectivity index (χ3v) is 8.58. The lowest BCUT2D eigenvalue weighted by Gasteiger charge is -2.25. The first-order chi connectivity index (χ1) is 19.1. The van der Waals surface area contributed by atoms with Gasteiger partial charge in [0.25, 0.3) is 5.91 Å². The second-order valence-corrected chi connectivity index (χ2v) is 11.7. The molecule has 39 heavy (non-hydrogen) atoms. The van der Waals surface area contributed by atoms with E-state index in [4.69, 9.17) is 4.98 Å². The number of benzene rings is 3. The minimum atomic E-state index is -0.0253. The number of aromatic nitrogens is 1. The Kier molecular flexibility index (Phi) is 9.57. The van der Waals surface area contributed by atoms with E-state index in [0.717, 1.165) is 43.9 Å². The molecule has 1 heterocycles. The zero-order valence-electron chi connectivity index (χ0n) is 22.9. The van der Waals surface area contributed by atoms with E-state index in [1.165, 1.54) is 41.5 Å². The van der Waals surface area contributed by atoms with Crippen molar-refractivity contribution in [2.24, 2.45) is 0 Å². The first-order valence-electron chi connectivity index (χ1n) is 14.3. The molecule has 5 rings (SSSR count). The van der Waals surface area contributed by atoms with Crippen LogP contribution in [0.3, 0.4) is 0 Å². The molecule has 0 spiro atoms. The molecule has 5 heteroatoms. The molecule has 1 aliphatic rings. The van der Waals surface area contributed by atoms with Crippen LogP contribution in [-0.4, -0.2) is 28.4 Å². The zero-order valence-corrected chi connectivity index (χ0v) is 23.7. The predicted octanol–water partition coefficient (Wildman–Crippen LogP) is 7.74. The van der Waals surface area contributed by atoms with E-state index in [-0.39, 0.29) is 5.91 Å². The van der Waals surface area contributed by atoms with Gasteiger partial charge in [0.2, 0.25) is 0 Å². The first kappa shape index (κ1) is 27.3. The molecule has 3 aromatic carbocycles. The molecule has 4 nitrogen and oxygen atoms in total. The molecule has 0 saturated heterocycles. The Labute approximate surface area is 237 Å². The number of nitrogens with zero attached hydrogens (tertiary/aromatic N) is 2. The fourth-order valence-corrected chi connectivity index (χ4v) is 6.37. The fraction of sp³-hybridized carbons (Fsp3) is 0.353. The number of carbonyl (C=O) groups excluding carboxylic acids is 1. The minimum absolute atomic E-state index is 0.0253. The standard InChI is InChI=1S/C34H39N3OS/c1-26-17-19-27(20-18-26)23-37(22-21-31(28-11-5-2-6-12-28)29-13-7-3-8-14-29)24-33-36-32(25-39-33)34(38)35-30-15-9-4-10-16-30/h2-3,5-8,11-14,17-20,25,30-31H,4,9-10,15-16,21-24H2,1H3,(H,35,38). The maximum Gasteiger partial charge on any atom is 0.270 e. The zero-order chi connectivity index (χ0) is 26.9. The third-order valence-electron chi connectivity index (χ3n) is 7.75. The Morgan fingerprint density at radius 1 is 0.897 bits per heavy atom. The lowest BCUT2D eigenvalue weighted by molar-refractivity contribution is 0.0923. The second kappa shape index (κ2) is 13.7. The van der Waals surface area contributed by atoms with Crippen molar-refractivity contribution in [3.8, 4) is 0 Å². The van der Waals surface area contributed by atoms with E-state index < -0.39 is 0 Å². The van der Waals surface area contributed by atoms with Gasteiger partial charge in [0.1, 0.15) is 10.7 Å². The molecule has 1 fully saturated rings. The Morgan fingerprint density at radius 3 is 2.18 bits per heavy atom. The lowest BCUT2D eigenvalue weighted by atomic mass is 9.88. The molecule has 1 saturated carbocycles. The number of amides is 1. The van der Waals surface area contributed by atoms with Crippen LogP contribution in [0.5, 0.6) is 0 Å². The Morgan fingerprint density at radius 2 is 1.54 bits per heavy atom. The quantitative estimate of drug-likeness (QED) is 0.213. The number of thiazole rings is 1. The van der Waals surface area contributed by atoms with Crippen molar-refractivity contribution in [3.63, 3.8) is 0 Å². The molecular weight excluding hydrogens is 498 g/mol. The van der Waals surface area contributed by atoms with Gasteiger partial charge in [0, 0.05) is 23.9 Å². The smallest absolute Gasteiger partial charge is 0.270 e. The van der Waals surface area contributed by atoms with E-state index >= 15 is 0 Å². The number of rotatable bonds is 11. The van der Waals surface area contributed by atoms with E-state index in [1.807, 2.05) is 5.38 Å². The van der Waals surface area contributed by atoms with Crippen molar-refractivity contribution in [2.45, 2.75) is 70.5 Å². The van der Waals surface area contributed by atoms with Crippen molar-refractivity contribution in [1.82, 2.24) is 15.2 Å². The van der Waals surface area contributed by atoms with Gasteiger partial charge < -0.3 is 5.32 Å². The van der Waals surface area contributed by atoms with Gasteiger partial charge in [-0.05, 0) is 49.4 Å². The van der Waals surface area contributed by atoms with Crippen LogP contribution in [0.4, 0.5) is 0 Å². The molecule has 1 aliphatic carbocycles. The highest BCUT2D eigenvalue weighted by molar-refractivity contribution is 7.09. The van der Waals surface area contributed by atoms with Crippen molar-refractivity contribution >= 4 is 17.2 Å². The maximum absolute atomic E-state index is 12.9. The summed E-state index contributed by atoms with van der Waals surface area (Å²) >= 11 is 1.59. The average molecular weight is 538 g/mol. The van der Waals surface area contributed by atoms with Crippen LogP contribution in [0, 0.1) is 6.92 Å². The first-order valence-corrected chi connectivity index (χ1v) is 15.1. The molecule has 0 unspecified atom stereocenters. The lowest BCUT2D eigenvalue weighted by Crippen LogP contribution is -2.36. The Hall–Kier alpha value is -3.28. The van der Waals surface area contributed by atoms with Crippen LogP contribution in [-0.2, 0) is 13.1 Å². The van der Waals surface area contributed by atoms with Crippen LogP contribution < -0.4 is 5.32 Å². The highest BCUT2D eigenvalue weighted by Crippen LogP contribution is 2.29. The van der Waals surface area contributed by atoms with Gasteiger partial charge in [-0.15, -0.1) is 11.3 Å². The minimum Gasteiger partial charge on any atom is -0.348 e. The number of aryl methyl sites for hydroxylation is 1. The summed E-state index contributed by atoms with van der Waals surface area (Å²) in [5.74, 6) is 0.295. The summed E-state index contributed by atoms with van der Waals surface area (Å²) in [6.07, 6.45) is 6.84. The molecule has 1 amide bonds. The fourth-order valence-electron chi connectivity index (χ4n) is 5.56. The number of nitrogens with one attached hydrogen (secondary N) is 1. The summed E-state index contributed by atoms with van der Waals surface area (Å²) < 4.78 is 0. The average Bonchev–Trinajstić information content (AvgIpc) is 3.45. The van der Waals surface area contributed by atoms with Crippen molar-refractivity contribution in [3.05, 3.63) is 123 Å². The Bertz CT molecular complexity index is 1260. The van der Waals surface area contributed by atoms with Gasteiger partial charge >= 0.3 is 0 Å². The van der Waals surface area contributed by atoms with E-state index in [9.17, 15) is 4.79 Å². The van der Waals surface area contributed by atoms with Gasteiger partial charge in [-0.2, -0.15) is 0 Å². The largest absolute Gasteiger partial charge is 0.348 e. The molecule has 0 bridgehead atoms. The number of carbonyl (C=O) groups is 1. The summed E-state index contributed by atoms with van der Waals surface area (Å²) in [7, 11) is 0. The van der Waals surface area contributed by atoms with Crippen LogP contribution in [0.1, 0.15) is 82.2 Å². The normalized spacial score (nSPS) is 14.1. The van der Waals surface area contributed by atoms with Crippen LogP contribution >= 0.6 is 11.3 Å². The molecule has 4 aromatic rings. The van der Waals surface area contributed by atoms with Crippen molar-refractivity contribution in [2.75, 3.05) is 6.54 Å². The van der Waals surface area contributed by atoms with Crippen molar-refractivity contribution < 1.29 is 4.79 Å². The van der Waals surface area contributed by atoms with Gasteiger partial charge in [-0.1, -0.05) is 110 Å². The van der Waals surface area contributed by atoms with Crippen LogP contribution in [0.15, 0.2) is 90.3 Å². The molecule has 0 radical (unpaired) electrons. The van der Waals surface area contributed by atoms with Crippen LogP contribution in [0.25, 0.3) is 0 Å². The molecule has 202 valence electrons. The highest BCUT2D eigenvalue weighted by Gasteiger charge is 2.20. The van der Waals surface area contributed by atoms with Gasteiger partial charge in [0.15, 0.2) is 0 Å². The number of hydrogen-bond donors (Lipinski definition) is 1. The van der Waals surface area contributed by atoms with Gasteiger partial charge in [0.05, 0.1) is 6.54 Å². The van der Waals surface area contributed by atoms with E-state index in [0.29, 0.717) is 17.7 Å². The Balaban J connectivity index is 1.31. The van der Waals surface area contributed by atoms with E-state index in [2.05, 4.69) is 102 Å². The predicted molar refractivity (Wildman–Crippen MR) is 161 cm³/mol. The third kappa shape index (κ3) is 7.87. The molecule has 1 aromatic heterocycles. The highest BCUT2D eigenvalue weighted by atomic mass is 32.1. The maximum atomic E-state index is 12.9. The SMILES string of the molecule is Cc1ccc(CN(CCC(c2ccccc2)c2ccccc2)Cc2nc(C(=O)NC3CCCCC3)cs2)cc1. The second-order valence-electron chi connectivity index (χ2n) is 10.8. The monoisotopic (exact) mass is 537 g/mol. The summed E-state index contributed by atoms with van der Waals surface area (Å²) in [4.78, 5) is 20.1. The topological polar surface area (TPSA) is 45.2 Å². The number of hydrogen-bond acceptors (Lipinski definition) is 4. The summed E-state index contributed by atoms with van der Waals surface area (Å²) in [6.45, 7) is 4.62. The van der Waals surface area contributed by atoms with Crippen LogP contribution in [0.2, 0.25) is 0 Å².